The third-order valence-corrected chi connectivity index (χ3v) is 13.0. The molecule has 1 aliphatic carbocycles. The van der Waals surface area contributed by atoms with E-state index >= 15 is 0 Å². The van der Waals surface area contributed by atoms with Crippen LogP contribution in [0.1, 0.15) is 62.1 Å². The molecule has 1 saturated carbocycles. The minimum absolute atomic E-state index is 0.00519. The zero-order chi connectivity index (χ0) is 45.8. The second-order valence-corrected chi connectivity index (χ2v) is 18.3. The number of fused-ring (bicyclic) bond motifs is 2. The monoisotopic (exact) mass is 941 g/mol. The Kier molecular flexibility index (Phi) is 12.6. The SMILES string of the molecule is C[C@@H]1CN(c2ccc3c(c2)N=C([C@H](Cc2cc(F)cc(F)c2)NC(=O)Cn2nc(C(F)F)cc2C(F)F)N(c2ccc(Cl)c4c(NS(=O)(=O)C5CC5)nn(CC(F)F)c24)C3)C[C@H](C)O1. The van der Waals surface area contributed by atoms with Crippen LogP contribution in [0, 0.1) is 11.6 Å². The van der Waals surface area contributed by atoms with Gasteiger partial charge in [0.15, 0.2) is 5.82 Å². The number of nitrogens with one attached hydrogen (secondary N) is 2. The van der Waals surface area contributed by atoms with E-state index in [4.69, 9.17) is 21.3 Å². The van der Waals surface area contributed by atoms with Gasteiger partial charge in [0.05, 0.1) is 57.3 Å². The number of aliphatic imine (C=N–C) groups is 1. The largest absolute Gasteiger partial charge is 0.372 e. The van der Waals surface area contributed by atoms with E-state index in [2.05, 4.69) is 25.1 Å². The summed E-state index contributed by atoms with van der Waals surface area (Å²) in [6.07, 6.45) is -9.44. The van der Waals surface area contributed by atoms with Crippen molar-refractivity contribution in [3.8, 4) is 0 Å². The predicted octanol–water partition coefficient (Wildman–Crippen LogP) is 8.30. The van der Waals surface area contributed by atoms with Gasteiger partial charge in [-0.25, -0.2) is 48.5 Å². The third-order valence-electron chi connectivity index (χ3n) is 10.9. The number of aromatic nitrogens is 4. The van der Waals surface area contributed by atoms with E-state index in [1.807, 2.05) is 19.9 Å². The number of benzene rings is 3. The lowest BCUT2D eigenvalue weighted by atomic mass is 10.00. The number of hydrogen-bond donors (Lipinski definition) is 2. The molecule has 3 aromatic carbocycles. The summed E-state index contributed by atoms with van der Waals surface area (Å²) >= 11 is 6.70. The van der Waals surface area contributed by atoms with Gasteiger partial charge >= 0.3 is 0 Å². The van der Waals surface area contributed by atoms with Crippen molar-refractivity contribution in [3.63, 3.8) is 0 Å². The maximum absolute atomic E-state index is 14.8. The molecule has 64 heavy (non-hydrogen) atoms. The molecule has 8 rings (SSSR count). The third kappa shape index (κ3) is 9.63. The molecule has 0 radical (unpaired) electrons. The number of carbonyl (C=O) groups is 1. The van der Waals surface area contributed by atoms with E-state index in [0.29, 0.717) is 54.0 Å². The molecule has 23 heteroatoms. The fourth-order valence-corrected chi connectivity index (χ4v) is 9.68. The molecule has 2 aromatic heterocycles. The molecule has 0 unspecified atom stereocenters. The molecule has 342 valence electrons. The molecule has 2 N–H and O–H groups in total. The van der Waals surface area contributed by atoms with Crippen LogP contribution in [-0.4, -0.2) is 82.7 Å². The number of ether oxygens (including phenoxy) is 1. The van der Waals surface area contributed by atoms with Gasteiger partial charge in [0, 0.05) is 31.3 Å². The lowest BCUT2D eigenvalue weighted by Crippen LogP contribution is -2.51. The molecule has 0 spiro atoms. The number of morpholine rings is 1. The molecular formula is C41H40ClF8N9O4S. The predicted molar refractivity (Wildman–Crippen MR) is 222 cm³/mol. The van der Waals surface area contributed by atoms with Crippen molar-refractivity contribution in [1.29, 1.82) is 0 Å². The number of rotatable bonds is 15. The van der Waals surface area contributed by atoms with Gasteiger partial charge < -0.3 is 19.9 Å². The lowest BCUT2D eigenvalue weighted by Gasteiger charge is -2.38. The van der Waals surface area contributed by atoms with Crippen LogP contribution < -0.4 is 19.8 Å². The van der Waals surface area contributed by atoms with Crippen molar-refractivity contribution in [2.75, 3.05) is 27.6 Å². The van der Waals surface area contributed by atoms with Gasteiger partial charge in [0.25, 0.3) is 19.3 Å². The number of carbonyl (C=O) groups excluding carboxylic acids is 1. The Hall–Kier alpha value is -5.48. The number of alkyl halides is 6. The van der Waals surface area contributed by atoms with E-state index in [-0.39, 0.29) is 57.6 Å². The zero-order valence-corrected chi connectivity index (χ0v) is 35.5. The van der Waals surface area contributed by atoms with E-state index in [9.17, 15) is 48.3 Å². The molecule has 2 fully saturated rings. The van der Waals surface area contributed by atoms with Crippen LogP contribution in [0.2, 0.25) is 5.02 Å². The molecule has 3 atom stereocenters. The highest BCUT2D eigenvalue weighted by Crippen LogP contribution is 2.42. The molecule has 1 amide bonds. The Bertz CT molecular complexity index is 2700. The van der Waals surface area contributed by atoms with Crippen molar-refractivity contribution in [1.82, 2.24) is 24.9 Å². The smallest absolute Gasteiger partial charge is 0.282 e. The van der Waals surface area contributed by atoms with Crippen LogP contribution >= 0.6 is 11.6 Å². The number of amides is 1. The molecule has 3 aliphatic rings. The summed E-state index contributed by atoms with van der Waals surface area (Å²) in [5.41, 5.74) is -0.249. The van der Waals surface area contributed by atoms with Crippen molar-refractivity contribution in [2.45, 2.75) is 95.5 Å². The van der Waals surface area contributed by atoms with Crippen LogP contribution in [0.15, 0.2) is 59.6 Å². The number of hydrogen-bond acceptors (Lipinski definition) is 9. The fraction of sp³-hybridized carbons (Fsp3) is 0.415. The summed E-state index contributed by atoms with van der Waals surface area (Å²) < 4.78 is 149. The van der Waals surface area contributed by atoms with Gasteiger partial charge in [-0.15, -0.1) is 0 Å². The van der Waals surface area contributed by atoms with E-state index in [1.165, 1.54) is 17.0 Å². The highest BCUT2D eigenvalue weighted by Gasteiger charge is 2.38. The summed E-state index contributed by atoms with van der Waals surface area (Å²) in [7, 11) is -4.00. The van der Waals surface area contributed by atoms with Crippen molar-refractivity contribution < 1.29 is 53.1 Å². The minimum atomic E-state index is -4.00. The van der Waals surface area contributed by atoms with Crippen LogP contribution in [0.25, 0.3) is 10.9 Å². The highest BCUT2D eigenvalue weighted by atomic mass is 35.5. The molecular weight excluding hydrogens is 902 g/mol. The summed E-state index contributed by atoms with van der Waals surface area (Å²) in [6.45, 7) is 2.78. The summed E-state index contributed by atoms with van der Waals surface area (Å²) in [4.78, 5) is 22.6. The molecule has 4 heterocycles. The Labute approximate surface area is 366 Å². The normalized spacial score (nSPS) is 18.6. The first-order chi connectivity index (χ1) is 30.3. The maximum Gasteiger partial charge on any atom is 0.282 e. The Morgan fingerprint density at radius 2 is 1.61 bits per heavy atom. The zero-order valence-electron chi connectivity index (χ0n) is 34.0. The van der Waals surface area contributed by atoms with E-state index in [1.54, 1.807) is 12.1 Å². The second-order valence-electron chi connectivity index (χ2n) is 15.9. The first kappa shape index (κ1) is 45.1. The fourth-order valence-electron chi connectivity index (χ4n) is 8.10. The van der Waals surface area contributed by atoms with Crippen molar-refractivity contribution >= 4 is 67.1 Å². The van der Waals surface area contributed by atoms with Crippen LogP contribution in [-0.2, 0) is 45.6 Å². The molecule has 0 bridgehead atoms. The summed E-state index contributed by atoms with van der Waals surface area (Å²) in [5, 5.41) is 9.61. The van der Waals surface area contributed by atoms with E-state index < -0.39 is 89.0 Å². The Balaban J connectivity index is 1.30. The molecule has 5 aromatic rings. The molecule has 13 nitrogen and oxygen atoms in total. The minimum Gasteiger partial charge on any atom is -0.372 e. The van der Waals surface area contributed by atoms with Gasteiger partial charge in [-0.05, 0) is 80.3 Å². The number of amidine groups is 1. The Morgan fingerprint density at radius 1 is 0.906 bits per heavy atom. The number of nitrogens with zero attached hydrogens (tertiary/aromatic N) is 7. The van der Waals surface area contributed by atoms with Crippen molar-refractivity contribution in [3.05, 3.63) is 93.8 Å². The average molecular weight is 942 g/mol. The maximum atomic E-state index is 14.8. The van der Waals surface area contributed by atoms with Gasteiger partial charge in [-0.1, -0.05) is 17.7 Å². The van der Waals surface area contributed by atoms with Crippen molar-refractivity contribution in [2.24, 2.45) is 4.99 Å². The average Bonchev–Trinajstić information content (AvgIpc) is 3.91. The van der Waals surface area contributed by atoms with Crippen LogP contribution in [0.5, 0.6) is 0 Å². The molecule has 2 aliphatic heterocycles. The number of halogens is 9. The second kappa shape index (κ2) is 17.8. The van der Waals surface area contributed by atoms with Crippen LogP contribution in [0.4, 0.5) is 58.0 Å². The Morgan fingerprint density at radius 3 is 2.25 bits per heavy atom. The lowest BCUT2D eigenvalue weighted by molar-refractivity contribution is -0.122. The first-order valence-electron chi connectivity index (χ1n) is 20.1. The number of anilines is 3. The standard InChI is InChI=1S/C41H40ClF8N9O4S/c1-20-15-56(16-21(2)63-20)26-4-3-23-17-57(32-8-7-28(42)36-37(32)59(18-34(45)46)54-40(36)55-64(61,62)27-5-6-27)41(52-29(23)13-26)31(11-22-9-24(43)12-25(44)10-22)51-35(60)19-58-33(39(49)50)14-30(53-58)38(47)48/h3-4,7-10,12-14,20-21,27,31,34,38-39H,5-6,11,15-19H2,1-2H3,(H,51,60)(H,54,55)/t20-,21+,31-/m0/s1. The highest BCUT2D eigenvalue weighted by molar-refractivity contribution is 7.93. The quantitative estimate of drug-likeness (QED) is 0.100. The van der Waals surface area contributed by atoms with E-state index in [0.717, 1.165) is 22.5 Å². The number of sulfonamides is 1. The first-order valence-corrected chi connectivity index (χ1v) is 22.0. The summed E-state index contributed by atoms with van der Waals surface area (Å²) in [5.74, 6) is -3.36. The van der Waals surface area contributed by atoms with Gasteiger partial charge in [-0.3, -0.25) is 18.9 Å². The molecule has 1 saturated heterocycles. The van der Waals surface area contributed by atoms with Gasteiger partial charge in [0.2, 0.25) is 15.9 Å². The topological polar surface area (TPSA) is 139 Å². The van der Waals surface area contributed by atoms with Gasteiger partial charge in [0.1, 0.15) is 41.9 Å². The van der Waals surface area contributed by atoms with Crippen LogP contribution in [0.3, 0.4) is 0 Å². The summed E-state index contributed by atoms with van der Waals surface area (Å²) in [6, 6.07) is 9.95. The van der Waals surface area contributed by atoms with Gasteiger partial charge in [-0.2, -0.15) is 10.2 Å².